The van der Waals surface area contributed by atoms with Crippen molar-refractivity contribution in [2.24, 2.45) is 0 Å². The molecule has 2 fully saturated rings. The smallest absolute Gasteiger partial charge is 0.427 e. The Morgan fingerprint density at radius 2 is 2.00 bits per heavy atom. The Kier molecular flexibility index (Phi) is 5.21. The van der Waals surface area contributed by atoms with E-state index in [9.17, 15) is 15.0 Å². The third-order valence-corrected chi connectivity index (χ3v) is 4.55. The molecule has 26 heavy (non-hydrogen) atoms. The fourth-order valence-corrected chi connectivity index (χ4v) is 3.13. The van der Waals surface area contributed by atoms with Gasteiger partial charge in [-0.2, -0.15) is 0 Å². The molecule has 0 N–H and O–H groups in total. The summed E-state index contributed by atoms with van der Waals surface area (Å²) in [6.45, 7) is 5.73. The fraction of sp³-hybridized carbons (Fsp3) is 0.588. The van der Waals surface area contributed by atoms with E-state index >= 15 is 0 Å². The molecular weight excluding hydrogens is 336 g/mol. The van der Waals surface area contributed by atoms with Gasteiger partial charge in [0, 0.05) is 45.2 Å². The topological polar surface area (TPSA) is 94.1 Å². The summed E-state index contributed by atoms with van der Waals surface area (Å²) in [5.74, 6) is 1.03. The van der Waals surface area contributed by atoms with Crippen LogP contribution < -0.4 is 9.80 Å². The largest absolute Gasteiger partial charge is 0.450 e. The first-order valence-corrected chi connectivity index (χ1v) is 8.87. The second-order valence-electron chi connectivity index (χ2n) is 6.41. The highest BCUT2D eigenvalue weighted by Crippen LogP contribution is 2.35. The zero-order valence-corrected chi connectivity index (χ0v) is 15.1. The van der Waals surface area contributed by atoms with E-state index in [4.69, 9.17) is 4.74 Å². The average Bonchev–Trinajstić information content (AvgIpc) is 3.46. The Labute approximate surface area is 152 Å². The summed E-state index contributed by atoms with van der Waals surface area (Å²) in [7, 11) is 0. The van der Waals surface area contributed by atoms with Crippen molar-refractivity contribution in [2.75, 3.05) is 42.6 Å². The van der Waals surface area contributed by atoms with Crippen LogP contribution in [0.1, 0.15) is 26.7 Å². The number of rotatable bonds is 4. The Morgan fingerprint density at radius 3 is 2.54 bits per heavy atom. The van der Waals surface area contributed by atoms with Gasteiger partial charge in [0.2, 0.25) is 17.1 Å². The molecule has 1 saturated heterocycles. The number of aromatic nitrogens is 1. The maximum absolute atomic E-state index is 12.0. The minimum atomic E-state index is -0.322. The predicted octanol–water partition coefficient (Wildman–Crippen LogP) is 2.36. The van der Waals surface area contributed by atoms with Gasteiger partial charge in [0.1, 0.15) is 5.82 Å². The third kappa shape index (κ3) is 3.69. The van der Waals surface area contributed by atoms with E-state index in [1.54, 1.807) is 28.9 Å². The van der Waals surface area contributed by atoms with Crippen LogP contribution in [0, 0.1) is 5.39 Å². The molecule has 3 rings (SSSR count). The second-order valence-corrected chi connectivity index (χ2v) is 6.41. The number of diazo groups is 1. The van der Waals surface area contributed by atoms with Gasteiger partial charge in [-0.1, -0.05) is 0 Å². The zero-order valence-electron chi connectivity index (χ0n) is 15.1. The Morgan fingerprint density at radius 1 is 1.31 bits per heavy atom. The van der Waals surface area contributed by atoms with Crippen LogP contribution in [0.4, 0.5) is 22.1 Å². The lowest BCUT2D eigenvalue weighted by molar-refractivity contribution is -0.116. The summed E-state index contributed by atoms with van der Waals surface area (Å²) in [5, 5.41) is 9.31. The molecule has 1 aromatic rings. The van der Waals surface area contributed by atoms with E-state index < -0.39 is 0 Å². The van der Waals surface area contributed by atoms with Crippen molar-refractivity contribution in [3.63, 3.8) is 0 Å². The van der Waals surface area contributed by atoms with Crippen LogP contribution in [0.25, 0.3) is 4.98 Å². The summed E-state index contributed by atoms with van der Waals surface area (Å²) in [6, 6.07) is 3.56. The highest BCUT2D eigenvalue weighted by atomic mass is 16.6. The summed E-state index contributed by atoms with van der Waals surface area (Å²) < 4.78 is 5.03. The van der Waals surface area contributed by atoms with E-state index in [2.05, 4.69) is 9.96 Å². The van der Waals surface area contributed by atoms with Crippen LogP contribution in [0.15, 0.2) is 12.1 Å². The first-order chi connectivity index (χ1) is 12.5. The van der Waals surface area contributed by atoms with E-state index in [1.165, 1.54) is 6.92 Å². The molecule has 2 heterocycles. The Hall–Kier alpha value is -2.89. The van der Waals surface area contributed by atoms with Crippen LogP contribution >= 0.6 is 0 Å². The molecule has 1 aliphatic carbocycles. The van der Waals surface area contributed by atoms with Crippen molar-refractivity contribution < 1.29 is 14.3 Å². The van der Waals surface area contributed by atoms with Crippen molar-refractivity contribution in [2.45, 2.75) is 32.7 Å². The molecule has 9 nitrogen and oxygen atoms in total. The molecule has 0 aromatic carbocycles. The molecule has 1 aliphatic heterocycles. The maximum atomic E-state index is 12.0. The molecule has 1 aromatic heterocycles. The molecule has 0 radical (unpaired) electrons. The molecule has 0 spiro atoms. The van der Waals surface area contributed by atoms with E-state index in [1.807, 2.05) is 4.90 Å². The number of piperazine rings is 1. The summed E-state index contributed by atoms with van der Waals surface area (Å²) in [5.41, 5.74) is 0.345. The molecule has 0 unspecified atom stereocenters. The number of hydrogen-bond donors (Lipinski definition) is 0. The summed E-state index contributed by atoms with van der Waals surface area (Å²) >= 11 is 0. The minimum absolute atomic E-state index is 0.0493. The highest BCUT2D eigenvalue weighted by Gasteiger charge is 2.35. The monoisotopic (exact) mass is 359 g/mol. The van der Waals surface area contributed by atoms with E-state index in [0.29, 0.717) is 50.1 Å². The number of pyridine rings is 1. The van der Waals surface area contributed by atoms with E-state index in [-0.39, 0.29) is 18.0 Å². The summed E-state index contributed by atoms with van der Waals surface area (Å²) in [6.07, 6.45) is 1.62. The number of carbonyl (C=O) groups excluding carboxylic acids is 2. The van der Waals surface area contributed by atoms with Crippen LogP contribution in [-0.4, -0.2) is 60.7 Å². The lowest BCUT2D eigenvalue weighted by atomic mass is 10.2. The molecule has 0 atom stereocenters. The zero-order chi connectivity index (χ0) is 18.7. The van der Waals surface area contributed by atoms with Crippen molar-refractivity contribution in [3.05, 3.63) is 17.1 Å². The average molecular weight is 359 g/mol. The second kappa shape index (κ2) is 7.56. The van der Waals surface area contributed by atoms with E-state index in [0.717, 1.165) is 12.8 Å². The molecule has 1 saturated carbocycles. The predicted molar refractivity (Wildman–Crippen MR) is 96.0 cm³/mol. The number of amides is 2. The van der Waals surface area contributed by atoms with Gasteiger partial charge in [0.05, 0.1) is 6.61 Å². The van der Waals surface area contributed by atoms with Gasteiger partial charge in [-0.15, -0.1) is 0 Å². The highest BCUT2D eigenvalue weighted by molar-refractivity contribution is 5.92. The Balaban J connectivity index is 1.79. The number of carbonyl (C=O) groups is 2. The van der Waals surface area contributed by atoms with Crippen LogP contribution in [-0.2, 0) is 9.53 Å². The number of ether oxygens (including phenoxy) is 1. The quantitative estimate of drug-likeness (QED) is 0.766. The lowest BCUT2D eigenvalue weighted by Crippen LogP contribution is -2.49. The molecule has 2 amide bonds. The molecule has 2 aliphatic rings. The van der Waals surface area contributed by atoms with Crippen LogP contribution in [0.3, 0.4) is 0 Å². The number of nitrogens with zero attached hydrogens (tertiary/aromatic N) is 6. The number of hydrogen-bond acceptors (Lipinski definition) is 6. The van der Waals surface area contributed by atoms with Crippen molar-refractivity contribution in [1.82, 2.24) is 9.88 Å². The molecular formula is C17H23N6O3+. The standard InChI is InChI=1S/C17H23N6O3/c1-3-26-17(25)22-10-8-21(9-11-22)16-14(20-18)6-7-15(19-16)23(12(2)24)13-4-5-13/h6-7,13H,3-5,8-11H2,1-2H3/q+1. The SMILES string of the molecule is CCOC(=O)N1CCN(c2nc(N(C(C)=O)C3CC3)ccc2[N+]#N)CC1. The Bertz CT molecular complexity index is 735. The van der Waals surface area contributed by atoms with Crippen molar-refractivity contribution in [3.8, 4) is 0 Å². The van der Waals surface area contributed by atoms with Gasteiger partial charge in [0.25, 0.3) is 0 Å². The fourth-order valence-electron chi connectivity index (χ4n) is 3.13. The number of anilines is 2. The van der Waals surface area contributed by atoms with Crippen molar-refractivity contribution >= 4 is 29.3 Å². The van der Waals surface area contributed by atoms with Crippen LogP contribution in [0.5, 0.6) is 0 Å². The first kappa shape index (κ1) is 17.9. The molecule has 0 bridgehead atoms. The van der Waals surface area contributed by atoms with Crippen LogP contribution in [0.2, 0.25) is 0 Å². The minimum Gasteiger partial charge on any atom is -0.450 e. The van der Waals surface area contributed by atoms with Gasteiger partial charge in [0.15, 0.2) is 4.98 Å². The normalized spacial score (nSPS) is 16.8. The third-order valence-electron chi connectivity index (χ3n) is 4.55. The van der Waals surface area contributed by atoms with Gasteiger partial charge in [-0.25, -0.2) is 9.78 Å². The van der Waals surface area contributed by atoms with Gasteiger partial charge in [-0.05, 0) is 25.8 Å². The first-order valence-electron chi connectivity index (χ1n) is 8.87. The molecule has 9 heteroatoms. The van der Waals surface area contributed by atoms with Crippen molar-refractivity contribution in [1.29, 1.82) is 5.39 Å². The maximum Gasteiger partial charge on any atom is 0.427 e. The van der Waals surface area contributed by atoms with Gasteiger partial charge < -0.3 is 14.5 Å². The van der Waals surface area contributed by atoms with Gasteiger partial charge >= 0.3 is 11.8 Å². The lowest BCUT2D eigenvalue weighted by Gasteiger charge is -2.34. The van der Waals surface area contributed by atoms with Gasteiger partial charge in [-0.3, -0.25) is 9.69 Å². The molecule has 138 valence electrons. The summed E-state index contributed by atoms with van der Waals surface area (Å²) in [4.78, 5) is 37.0.